The van der Waals surface area contributed by atoms with E-state index < -0.39 is 0 Å². The summed E-state index contributed by atoms with van der Waals surface area (Å²) in [6.45, 7) is 5.96. The minimum atomic E-state index is -0.0924. The Kier molecular flexibility index (Phi) is 4.45. The maximum atomic E-state index is 12.8. The number of amides is 2. The molecule has 6 nitrogen and oxygen atoms in total. The molecule has 170 valence electrons. The van der Waals surface area contributed by atoms with Gasteiger partial charge in [-0.2, -0.15) is 5.10 Å². The van der Waals surface area contributed by atoms with Crippen LogP contribution in [0.15, 0.2) is 42.7 Å². The summed E-state index contributed by atoms with van der Waals surface area (Å²) >= 11 is 0. The number of benzene rings is 2. The molecule has 2 amide bonds. The van der Waals surface area contributed by atoms with E-state index >= 15 is 0 Å². The van der Waals surface area contributed by atoms with E-state index in [0.717, 1.165) is 73.6 Å². The Labute approximate surface area is 194 Å². The van der Waals surface area contributed by atoms with Gasteiger partial charge in [-0.15, -0.1) is 0 Å². The number of piperidine rings is 1. The molecule has 1 aromatic heterocycles. The van der Waals surface area contributed by atoms with Crippen LogP contribution in [0.4, 0.5) is 5.69 Å². The third kappa shape index (κ3) is 3.18. The van der Waals surface area contributed by atoms with Gasteiger partial charge in [-0.05, 0) is 60.7 Å². The maximum Gasteiger partial charge on any atom is 0.256 e. The molecule has 33 heavy (non-hydrogen) atoms. The average molecular weight is 443 g/mol. The Morgan fingerprint density at radius 2 is 1.91 bits per heavy atom. The first-order valence-electron chi connectivity index (χ1n) is 12.1. The fourth-order valence-corrected chi connectivity index (χ4v) is 5.69. The molecule has 0 spiro atoms. The largest absolute Gasteiger partial charge is 0.342 e. The van der Waals surface area contributed by atoms with Crippen molar-refractivity contribution < 1.29 is 9.59 Å². The zero-order valence-electron chi connectivity index (χ0n) is 19.4. The molecule has 0 radical (unpaired) electrons. The number of hydrogen-bond donors (Lipinski definition) is 1. The van der Waals surface area contributed by atoms with Crippen molar-refractivity contribution in [3.8, 4) is 0 Å². The molecular weight excluding hydrogens is 412 g/mol. The van der Waals surface area contributed by atoms with Crippen LogP contribution in [0.2, 0.25) is 0 Å². The molecule has 1 aliphatic carbocycles. The number of aromatic nitrogens is 2. The summed E-state index contributed by atoms with van der Waals surface area (Å²) in [4.78, 5) is 27.1. The molecule has 3 aromatic rings. The number of anilines is 1. The van der Waals surface area contributed by atoms with Gasteiger partial charge in [-0.3, -0.25) is 14.3 Å². The highest BCUT2D eigenvalue weighted by molar-refractivity contribution is 6.24. The number of hydrogen-bond acceptors (Lipinski definition) is 3. The predicted octanol–water partition coefficient (Wildman–Crippen LogP) is 4.72. The van der Waals surface area contributed by atoms with Crippen molar-refractivity contribution in [1.29, 1.82) is 0 Å². The van der Waals surface area contributed by atoms with E-state index in [1.54, 1.807) is 0 Å². The van der Waals surface area contributed by atoms with Gasteiger partial charge in [-0.25, -0.2) is 0 Å². The molecule has 6 heteroatoms. The minimum absolute atomic E-state index is 0.0223. The van der Waals surface area contributed by atoms with Crippen LogP contribution in [-0.2, 0) is 16.8 Å². The van der Waals surface area contributed by atoms with Crippen LogP contribution in [0.25, 0.3) is 10.8 Å². The molecule has 0 bridgehead atoms. The molecule has 1 saturated carbocycles. The van der Waals surface area contributed by atoms with Crippen LogP contribution in [-0.4, -0.2) is 39.6 Å². The molecule has 3 aliphatic rings. The molecule has 1 saturated heterocycles. The monoisotopic (exact) mass is 442 g/mol. The van der Waals surface area contributed by atoms with Crippen LogP contribution in [0.1, 0.15) is 67.4 Å². The Hall–Kier alpha value is -3.15. The smallest absolute Gasteiger partial charge is 0.256 e. The highest BCUT2D eigenvalue weighted by Crippen LogP contribution is 2.47. The van der Waals surface area contributed by atoms with Crippen molar-refractivity contribution in [3.63, 3.8) is 0 Å². The molecule has 2 fully saturated rings. The van der Waals surface area contributed by atoms with Crippen molar-refractivity contribution in [2.24, 2.45) is 5.41 Å². The molecule has 2 aliphatic heterocycles. The van der Waals surface area contributed by atoms with Gasteiger partial charge in [0.1, 0.15) is 0 Å². The first-order chi connectivity index (χ1) is 15.9. The lowest BCUT2D eigenvalue weighted by Crippen LogP contribution is -2.49. The lowest BCUT2D eigenvalue weighted by atomic mass is 9.84. The van der Waals surface area contributed by atoms with Crippen molar-refractivity contribution >= 4 is 28.3 Å². The molecule has 2 aromatic carbocycles. The Morgan fingerprint density at radius 1 is 1.12 bits per heavy atom. The predicted molar refractivity (Wildman–Crippen MR) is 128 cm³/mol. The fraction of sp³-hybridized carbons (Fsp3) is 0.444. The van der Waals surface area contributed by atoms with Gasteiger partial charge in [-0.1, -0.05) is 32.0 Å². The first-order valence-corrected chi connectivity index (χ1v) is 12.1. The summed E-state index contributed by atoms with van der Waals surface area (Å²) in [7, 11) is 0. The fourth-order valence-electron chi connectivity index (χ4n) is 5.69. The van der Waals surface area contributed by atoms with Crippen LogP contribution in [0, 0.1) is 5.41 Å². The van der Waals surface area contributed by atoms with Crippen LogP contribution in [0.5, 0.6) is 0 Å². The summed E-state index contributed by atoms with van der Waals surface area (Å²) in [5.41, 5.74) is 3.91. The van der Waals surface area contributed by atoms with Crippen LogP contribution < -0.4 is 5.32 Å². The molecule has 0 atom stereocenters. The van der Waals surface area contributed by atoms with Gasteiger partial charge in [0.15, 0.2) is 0 Å². The maximum absolute atomic E-state index is 12.8. The van der Waals surface area contributed by atoms with Gasteiger partial charge in [0.2, 0.25) is 5.91 Å². The van der Waals surface area contributed by atoms with Crippen LogP contribution in [0.3, 0.4) is 0 Å². The first kappa shape index (κ1) is 20.5. The van der Waals surface area contributed by atoms with E-state index in [2.05, 4.69) is 47.1 Å². The Balaban J connectivity index is 1.23. The number of carbonyl (C=O) groups is 2. The highest BCUT2D eigenvalue weighted by Gasteiger charge is 2.48. The van der Waals surface area contributed by atoms with Gasteiger partial charge < -0.3 is 10.2 Å². The SMILES string of the molecule is CCC1(n2cc(Cc3ccc4c5c(cccc35)C(=O)N4)cn2)CCN(C(=O)C2(C)CC2)CC1. The van der Waals surface area contributed by atoms with Gasteiger partial charge in [0.25, 0.3) is 5.91 Å². The summed E-state index contributed by atoms with van der Waals surface area (Å²) in [5, 5.41) is 9.91. The van der Waals surface area contributed by atoms with E-state index in [1.165, 1.54) is 11.1 Å². The third-order valence-electron chi connectivity index (χ3n) is 8.30. The zero-order chi connectivity index (χ0) is 22.8. The van der Waals surface area contributed by atoms with E-state index in [9.17, 15) is 9.59 Å². The van der Waals surface area contributed by atoms with Gasteiger partial charge >= 0.3 is 0 Å². The number of likely N-dealkylation sites (tertiary alicyclic amines) is 1. The molecule has 6 rings (SSSR count). The van der Waals surface area contributed by atoms with Crippen molar-refractivity contribution in [3.05, 3.63) is 59.4 Å². The summed E-state index contributed by atoms with van der Waals surface area (Å²) < 4.78 is 2.16. The van der Waals surface area contributed by atoms with E-state index in [0.29, 0.717) is 5.91 Å². The lowest BCUT2D eigenvalue weighted by Gasteiger charge is -2.42. The molecule has 0 unspecified atom stereocenters. The van der Waals surface area contributed by atoms with E-state index in [4.69, 9.17) is 5.10 Å². The summed E-state index contributed by atoms with van der Waals surface area (Å²) in [6, 6.07) is 10.1. The van der Waals surface area contributed by atoms with Crippen LogP contribution >= 0.6 is 0 Å². The Bertz CT molecular complexity index is 1280. The number of carbonyl (C=O) groups excluding carboxylic acids is 2. The zero-order valence-corrected chi connectivity index (χ0v) is 19.4. The van der Waals surface area contributed by atoms with Gasteiger partial charge in [0.05, 0.1) is 11.7 Å². The lowest BCUT2D eigenvalue weighted by molar-refractivity contribution is -0.138. The number of nitrogens with zero attached hydrogens (tertiary/aromatic N) is 3. The Morgan fingerprint density at radius 3 is 2.64 bits per heavy atom. The summed E-state index contributed by atoms with van der Waals surface area (Å²) in [5.74, 6) is 0.319. The highest BCUT2D eigenvalue weighted by atomic mass is 16.2. The topological polar surface area (TPSA) is 67.2 Å². The second-order valence-electron chi connectivity index (χ2n) is 10.4. The molecule has 1 N–H and O–H groups in total. The summed E-state index contributed by atoms with van der Waals surface area (Å²) in [6.07, 6.45) is 9.90. The minimum Gasteiger partial charge on any atom is -0.342 e. The van der Waals surface area contributed by atoms with Gasteiger partial charge in [0, 0.05) is 47.8 Å². The average Bonchev–Trinajstić information content (AvgIpc) is 3.26. The van der Waals surface area contributed by atoms with E-state index in [-0.39, 0.29) is 16.9 Å². The van der Waals surface area contributed by atoms with Crippen molar-refractivity contribution in [1.82, 2.24) is 14.7 Å². The second-order valence-corrected chi connectivity index (χ2v) is 10.4. The van der Waals surface area contributed by atoms with Crippen molar-refractivity contribution in [2.45, 2.75) is 57.9 Å². The van der Waals surface area contributed by atoms with E-state index in [1.807, 2.05) is 24.4 Å². The quantitative estimate of drug-likeness (QED) is 0.622. The standard InChI is InChI=1S/C27H30N4O2/c1-3-27(11-13-30(14-12-27)25(33)26(2)9-10-26)31-17-18(16-28-31)15-19-7-8-22-23-20(19)5-4-6-21(23)24(32)29-22/h4-8,16-17H,3,9-15H2,1-2H3,(H,29,32). The number of rotatable bonds is 5. The van der Waals surface area contributed by atoms with Crippen molar-refractivity contribution in [2.75, 3.05) is 18.4 Å². The third-order valence-corrected chi connectivity index (χ3v) is 8.30. The number of nitrogens with one attached hydrogen (secondary N) is 1. The molecular formula is C27H30N4O2. The second kappa shape index (κ2) is 7.17. The normalized spacial score (nSPS) is 20.2. The molecule has 3 heterocycles.